The Morgan fingerprint density at radius 2 is 1.71 bits per heavy atom. The maximum Gasteiger partial charge on any atom is 0.236 e. The summed E-state index contributed by atoms with van der Waals surface area (Å²) in [6.45, 7) is 2.33. The number of rotatable bonds is 5. The van der Waals surface area contributed by atoms with Crippen LogP contribution in [0.4, 0.5) is 0 Å². The van der Waals surface area contributed by atoms with Gasteiger partial charge in [-0.3, -0.25) is 9.59 Å². The van der Waals surface area contributed by atoms with Crippen molar-refractivity contribution in [1.82, 2.24) is 9.80 Å². The first-order valence-electron chi connectivity index (χ1n) is 8.19. The van der Waals surface area contributed by atoms with Crippen molar-refractivity contribution in [3.05, 3.63) is 29.8 Å². The molecular formula is C18H23N3O3. The molecule has 1 fully saturated rings. The fraction of sp³-hybridized carbons (Fsp3) is 0.500. The Balaban J connectivity index is 1.82. The second-order valence-electron chi connectivity index (χ2n) is 5.80. The van der Waals surface area contributed by atoms with Crippen LogP contribution in [-0.2, 0) is 16.0 Å². The van der Waals surface area contributed by atoms with E-state index in [1.54, 1.807) is 12.0 Å². The first-order chi connectivity index (χ1) is 11.6. The van der Waals surface area contributed by atoms with Gasteiger partial charge in [-0.15, -0.1) is 0 Å². The molecule has 0 unspecified atom stereocenters. The highest BCUT2D eigenvalue weighted by atomic mass is 16.5. The summed E-state index contributed by atoms with van der Waals surface area (Å²) in [5.41, 5.74) is 1.10. The lowest BCUT2D eigenvalue weighted by molar-refractivity contribution is -0.133. The Labute approximate surface area is 142 Å². The highest BCUT2D eigenvalue weighted by Crippen LogP contribution is 2.14. The summed E-state index contributed by atoms with van der Waals surface area (Å²) in [7, 11) is 1.63. The van der Waals surface area contributed by atoms with E-state index >= 15 is 0 Å². The minimum atomic E-state index is -0.148. The highest BCUT2D eigenvalue weighted by Gasteiger charge is 2.21. The van der Waals surface area contributed by atoms with E-state index in [1.165, 1.54) is 0 Å². The lowest BCUT2D eigenvalue weighted by Gasteiger charge is -2.21. The van der Waals surface area contributed by atoms with E-state index in [-0.39, 0.29) is 18.2 Å². The number of nitrogens with zero attached hydrogens (tertiary/aromatic N) is 3. The standard InChI is InChI=1S/C18H23N3O3/c1-24-16-6-3-15(4-7-16)5-8-17(22)20-11-2-12-21(14-13-20)18(23)9-10-19/h3-4,6-7H,2,5,8-9,11-14H2,1H3. The van der Waals surface area contributed by atoms with Crippen LogP contribution < -0.4 is 4.74 Å². The van der Waals surface area contributed by atoms with Gasteiger partial charge < -0.3 is 14.5 Å². The average Bonchev–Trinajstić information content (AvgIpc) is 2.86. The van der Waals surface area contributed by atoms with Crippen molar-refractivity contribution in [3.8, 4) is 11.8 Å². The molecule has 1 aliphatic rings. The van der Waals surface area contributed by atoms with E-state index in [9.17, 15) is 9.59 Å². The molecule has 2 rings (SSSR count). The highest BCUT2D eigenvalue weighted by molar-refractivity contribution is 5.79. The lowest BCUT2D eigenvalue weighted by Crippen LogP contribution is -2.37. The number of hydrogen-bond donors (Lipinski definition) is 0. The third-order valence-corrected chi connectivity index (χ3v) is 4.22. The van der Waals surface area contributed by atoms with Gasteiger partial charge in [0.1, 0.15) is 12.2 Å². The first kappa shape index (κ1) is 17.8. The van der Waals surface area contributed by atoms with E-state index < -0.39 is 0 Å². The Kier molecular flexibility index (Phi) is 6.62. The molecule has 1 aromatic carbocycles. The molecule has 1 saturated heterocycles. The monoisotopic (exact) mass is 329 g/mol. The zero-order chi connectivity index (χ0) is 17.4. The SMILES string of the molecule is COc1ccc(CCC(=O)N2CCCN(C(=O)CC#N)CC2)cc1. The van der Waals surface area contributed by atoms with Gasteiger partial charge in [-0.2, -0.15) is 5.26 Å². The van der Waals surface area contributed by atoms with Crippen LogP contribution >= 0.6 is 0 Å². The number of amides is 2. The van der Waals surface area contributed by atoms with E-state index in [2.05, 4.69) is 0 Å². The normalized spacial score (nSPS) is 14.7. The van der Waals surface area contributed by atoms with Crippen molar-refractivity contribution >= 4 is 11.8 Å². The quantitative estimate of drug-likeness (QED) is 0.822. The topological polar surface area (TPSA) is 73.6 Å². The molecule has 6 heteroatoms. The van der Waals surface area contributed by atoms with Crippen LogP contribution in [0.5, 0.6) is 5.75 Å². The molecule has 0 saturated carbocycles. The average molecular weight is 329 g/mol. The summed E-state index contributed by atoms with van der Waals surface area (Å²) in [5.74, 6) is 0.769. The van der Waals surface area contributed by atoms with Crippen LogP contribution in [0.25, 0.3) is 0 Å². The van der Waals surface area contributed by atoms with Gasteiger partial charge in [-0.05, 0) is 30.5 Å². The number of nitriles is 1. The van der Waals surface area contributed by atoms with Gasteiger partial charge in [-0.1, -0.05) is 12.1 Å². The second kappa shape index (κ2) is 8.92. The minimum absolute atomic E-state index is 0.0918. The van der Waals surface area contributed by atoms with E-state index in [1.807, 2.05) is 35.2 Å². The number of ether oxygens (including phenoxy) is 1. The number of carbonyl (C=O) groups excluding carboxylic acids is 2. The Hall–Kier alpha value is -2.55. The molecule has 128 valence electrons. The summed E-state index contributed by atoms with van der Waals surface area (Å²) in [4.78, 5) is 27.7. The summed E-state index contributed by atoms with van der Waals surface area (Å²) in [6.07, 6.45) is 1.81. The summed E-state index contributed by atoms with van der Waals surface area (Å²) in [6, 6.07) is 9.61. The van der Waals surface area contributed by atoms with Gasteiger partial charge in [0, 0.05) is 32.6 Å². The van der Waals surface area contributed by atoms with Crippen molar-refractivity contribution in [2.45, 2.75) is 25.7 Å². The molecule has 1 heterocycles. The first-order valence-corrected chi connectivity index (χ1v) is 8.19. The number of carbonyl (C=O) groups is 2. The molecule has 0 atom stereocenters. The third kappa shape index (κ3) is 4.98. The molecular weight excluding hydrogens is 306 g/mol. The van der Waals surface area contributed by atoms with Crippen LogP contribution in [0.2, 0.25) is 0 Å². The number of benzene rings is 1. The van der Waals surface area contributed by atoms with Gasteiger partial charge in [-0.25, -0.2) is 0 Å². The molecule has 1 aliphatic heterocycles. The molecule has 0 N–H and O–H groups in total. The third-order valence-electron chi connectivity index (χ3n) is 4.22. The maximum atomic E-state index is 12.4. The fourth-order valence-electron chi connectivity index (χ4n) is 2.80. The van der Waals surface area contributed by atoms with Gasteiger partial charge in [0.25, 0.3) is 0 Å². The molecule has 0 aromatic heterocycles. The fourth-order valence-corrected chi connectivity index (χ4v) is 2.80. The molecule has 6 nitrogen and oxygen atoms in total. The van der Waals surface area contributed by atoms with Crippen LogP contribution in [0, 0.1) is 11.3 Å². The number of hydrogen-bond acceptors (Lipinski definition) is 4. The largest absolute Gasteiger partial charge is 0.497 e. The summed E-state index contributed by atoms with van der Waals surface area (Å²) >= 11 is 0. The predicted molar refractivity (Wildman–Crippen MR) is 89.3 cm³/mol. The summed E-state index contributed by atoms with van der Waals surface area (Å²) in [5, 5.41) is 8.62. The second-order valence-corrected chi connectivity index (χ2v) is 5.80. The lowest BCUT2D eigenvalue weighted by atomic mass is 10.1. The zero-order valence-corrected chi connectivity index (χ0v) is 14.0. The van der Waals surface area contributed by atoms with Gasteiger partial charge in [0.2, 0.25) is 11.8 Å². The van der Waals surface area contributed by atoms with Crippen LogP contribution in [0.1, 0.15) is 24.8 Å². The van der Waals surface area contributed by atoms with Gasteiger partial charge in [0.05, 0.1) is 13.2 Å². The van der Waals surface area contributed by atoms with Gasteiger partial charge in [0.15, 0.2) is 0 Å². The van der Waals surface area contributed by atoms with Crippen molar-refractivity contribution in [2.24, 2.45) is 0 Å². The smallest absolute Gasteiger partial charge is 0.236 e. The molecule has 2 amide bonds. The van der Waals surface area contributed by atoms with E-state index in [0.717, 1.165) is 17.7 Å². The van der Waals surface area contributed by atoms with Crippen LogP contribution in [0.3, 0.4) is 0 Å². The van der Waals surface area contributed by atoms with Crippen molar-refractivity contribution in [3.63, 3.8) is 0 Å². The van der Waals surface area contributed by atoms with Crippen molar-refractivity contribution < 1.29 is 14.3 Å². The van der Waals surface area contributed by atoms with Crippen LogP contribution in [0.15, 0.2) is 24.3 Å². The molecule has 0 spiro atoms. The van der Waals surface area contributed by atoms with E-state index in [4.69, 9.17) is 10.00 Å². The van der Waals surface area contributed by atoms with Crippen LogP contribution in [-0.4, -0.2) is 54.9 Å². The minimum Gasteiger partial charge on any atom is -0.497 e. The number of aryl methyl sites for hydroxylation is 1. The molecule has 24 heavy (non-hydrogen) atoms. The van der Waals surface area contributed by atoms with Crippen molar-refractivity contribution in [2.75, 3.05) is 33.3 Å². The molecule has 1 aromatic rings. The summed E-state index contributed by atoms with van der Waals surface area (Å²) < 4.78 is 5.12. The Bertz CT molecular complexity index is 607. The molecule has 0 aliphatic carbocycles. The predicted octanol–water partition coefficient (Wildman–Crippen LogP) is 1.60. The Morgan fingerprint density at radius 3 is 2.29 bits per heavy atom. The van der Waals surface area contributed by atoms with Crippen molar-refractivity contribution in [1.29, 1.82) is 5.26 Å². The zero-order valence-electron chi connectivity index (χ0n) is 14.0. The maximum absolute atomic E-state index is 12.4. The molecule has 0 bridgehead atoms. The van der Waals surface area contributed by atoms with E-state index in [0.29, 0.717) is 39.0 Å². The Morgan fingerprint density at radius 1 is 1.08 bits per heavy atom. The van der Waals surface area contributed by atoms with Gasteiger partial charge >= 0.3 is 0 Å². The number of methoxy groups -OCH3 is 1. The molecule has 0 radical (unpaired) electrons.